The Morgan fingerprint density at radius 2 is 0.909 bits per heavy atom. The molecule has 0 amide bonds. The van der Waals surface area contributed by atoms with Crippen LogP contribution in [0.25, 0.3) is 24.3 Å². The molecule has 0 fully saturated rings. The summed E-state index contributed by atoms with van der Waals surface area (Å²) in [6.07, 6.45) is 16.0. The minimum atomic E-state index is 0.474. The Morgan fingerprint density at radius 3 is 1.27 bits per heavy atom. The number of hydrogen-bond acceptors (Lipinski definition) is 6. The molecular formula is C38H38N4O2. The molecule has 3 aromatic carbocycles. The molecule has 6 nitrogen and oxygen atoms in total. The largest absolute Gasteiger partial charge is 0.493 e. The fourth-order valence-electron chi connectivity index (χ4n) is 4.63. The highest BCUT2D eigenvalue weighted by atomic mass is 16.5. The third-order valence-corrected chi connectivity index (χ3v) is 7.14. The second-order valence-electron chi connectivity index (χ2n) is 10.5. The van der Waals surface area contributed by atoms with Gasteiger partial charge in [-0.05, 0) is 72.5 Å². The topological polar surface area (TPSA) is 114 Å². The Hall–Kier alpha value is -5.30. The van der Waals surface area contributed by atoms with E-state index in [1.54, 1.807) is 36.4 Å². The van der Waals surface area contributed by atoms with Crippen LogP contribution in [0.15, 0.2) is 48.5 Å². The summed E-state index contributed by atoms with van der Waals surface area (Å²) in [7, 11) is 0. The van der Waals surface area contributed by atoms with Crippen molar-refractivity contribution in [1.29, 1.82) is 21.0 Å². The molecule has 6 heteroatoms. The van der Waals surface area contributed by atoms with Gasteiger partial charge < -0.3 is 9.47 Å². The first-order valence-corrected chi connectivity index (χ1v) is 15.2. The second kappa shape index (κ2) is 18.3. The van der Waals surface area contributed by atoms with Crippen molar-refractivity contribution in [3.8, 4) is 35.8 Å². The second-order valence-corrected chi connectivity index (χ2v) is 10.5. The van der Waals surface area contributed by atoms with Gasteiger partial charge in [0.2, 0.25) is 0 Å². The first kappa shape index (κ1) is 33.2. The van der Waals surface area contributed by atoms with Gasteiger partial charge in [0.1, 0.15) is 11.5 Å². The number of unbranched alkanes of at least 4 members (excludes halogenated alkanes) is 6. The number of hydrogen-bond donors (Lipinski definition) is 0. The van der Waals surface area contributed by atoms with E-state index in [1.807, 2.05) is 36.4 Å². The highest BCUT2D eigenvalue weighted by Crippen LogP contribution is 2.33. The monoisotopic (exact) mass is 582 g/mol. The van der Waals surface area contributed by atoms with Gasteiger partial charge in [-0.3, -0.25) is 0 Å². The molecule has 0 saturated carbocycles. The molecule has 0 aliphatic heterocycles. The van der Waals surface area contributed by atoms with E-state index in [1.165, 1.54) is 0 Å². The lowest BCUT2D eigenvalue weighted by atomic mass is 10.0. The van der Waals surface area contributed by atoms with Crippen molar-refractivity contribution in [3.63, 3.8) is 0 Å². The molecule has 0 aliphatic carbocycles. The molecule has 0 radical (unpaired) electrons. The number of ether oxygens (including phenoxy) is 2. The van der Waals surface area contributed by atoms with Crippen LogP contribution in [-0.4, -0.2) is 13.2 Å². The molecule has 222 valence electrons. The zero-order valence-corrected chi connectivity index (χ0v) is 25.6. The number of nitrogens with zero attached hydrogens (tertiary/aromatic N) is 4. The van der Waals surface area contributed by atoms with E-state index in [-0.39, 0.29) is 0 Å². The standard InChI is InChI=1S/C38H38N4O2/c1-3-5-7-9-19-43-37-23-34(18-16-32-22-30(26-40)12-14-36(32)28-42)38(44-20-10-8-6-4-2)24-33(37)17-15-31-21-29(25-39)11-13-35(31)27-41/h11-18,21-24H,3-10,19-20H2,1-2H3/b17-15+,18-16+. The summed E-state index contributed by atoms with van der Waals surface area (Å²) in [5, 5.41) is 38.0. The average Bonchev–Trinajstić information content (AvgIpc) is 3.06. The summed E-state index contributed by atoms with van der Waals surface area (Å²) < 4.78 is 12.6. The van der Waals surface area contributed by atoms with E-state index in [4.69, 9.17) is 9.47 Å². The van der Waals surface area contributed by atoms with Gasteiger partial charge in [-0.25, -0.2) is 0 Å². The smallest absolute Gasteiger partial charge is 0.127 e. The third kappa shape index (κ3) is 9.91. The SMILES string of the molecule is CCCCCCOc1cc(/C=C/c2cc(C#N)ccc2C#N)c(OCCCCCC)cc1/C=C/c1cc(C#N)ccc1C#N. The van der Waals surface area contributed by atoms with Gasteiger partial charge in [-0.2, -0.15) is 21.0 Å². The van der Waals surface area contributed by atoms with Gasteiger partial charge >= 0.3 is 0 Å². The Balaban J connectivity index is 2.08. The molecule has 0 bridgehead atoms. The van der Waals surface area contributed by atoms with Gasteiger partial charge in [0.15, 0.2) is 0 Å². The quantitative estimate of drug-likeness (QED) is 0.123. The molecule has 0 heterocycles. The maximum atomic E-state index is 9.63. The zero-order chi connectivity index (χ0) is 31.6. The lowest BCUT2D eigenvalue weighted by Gasteiger charge is -2.16. The number of benzene rings is 3. The highest BCUT2D eigenvalue weighted by Gasteiger charge is 2.12. The first-order valence-electron chi connectivity index (χ1n) is 15.2. The molecular weight excluding hydrogens is 544 g/mol. The minimum absolute atomic E-state index is 0.474. The van der Waals surface area contributed by atoms with Crippen molar-refractivity contribution in [2.24, 2.45) is 0 Å². The lowest BCUT2D eigenvalue weighted by Crippen LogP contribution is -2.03. The molecule has 3 rings (SSSR count). The van der Waals surface area contributed by atoms with Crippen molar-refractivity contribution >= 4 is 24.3 Å². The van der Waals surface area contributed by atoms with Gasteiger partial charge in [0.05, 0.1) is 59.7 Å². The van der Waals surface area contributed by atoms with E-state index in [0.717, 1.165) is 62.5 Å². The fourth-order valence-corrected chi connectivity index (χ4v) is 4.63. The van der Waals surface area contributed by atoms with E-state index < -0.39 is 0 Å². The van der Waals surface area contributed by atoms with Crippen LogP contribution in [-0.2, 0) is 0 Å². The maximum Gasteiger partial charge on any atom is 0.127 e. The summed E-state index contributed by atoms with van der Waals surface area (Å²) in [5.41, 5.74) is 4.77. The Kier molecular flexibility index (Phi) is 13.8. The average molecular weight is 583 g/mol. The Morgan fingerprint density at radius 1 is 0.500 bits per heavy atom. The third-order valence-electron chi connectivity index (χ3n) is 7.14. The van der Waals surface area contributed by atoms with Gasteiger partial charge in [-0.15, -0.1) is 0 Å². The lowest BCUT2D eigenvalue weighted by molar-refractivity contribution is 0.296. The Labute approximate surface area is 261 Å². The van der Waals surface area contributed by atoms with Crippen LogP contribution < -0.4 is 9.47 Å². The van der Waals surface area contributed by atoms with Crippen molar-refractivity contribution in [1.82, 2.24) is 0 Å². The zero-order valence-electron chi connectivity index (χ0n) is 25.6. The predicted molar refractivity (Wildman–Crippen MR) is 175 cm³/mol. The minimum Gasteiger partial charge on any atom is -0.493 e. The molecule has 0 N–H and O–H groups in total. The molecule has 0 aliphatic rings. The molecule has 44 heavy (non-hydrogen) atoms. The first-order chi connectivity index (χ1) is 21.6. The summed E-state index contributed by atoms with van der Waals surface area (Å²) in [6, 6.07) is 22.5. The summed E-state index contributed by atoms with van der Waals surface area (Å²) in [4.78, 5) is 0. The van der Waals surface area contributed by atoms with E-state index >= 15 is 0 Å². The summed E-state index contributed by atoms with van der Waals surface area (Å²) in [5.74, 6) is 1.33. The van der Waals surface area contributed by atoms with Crippen molar-refractivity contribution in [2.45, 2.75) is 65.2 Å². The Bertz CT molecular complexity index is 1520. The van der Waals surface area contributed by atoms with E-state index in [9.17, 15) is 21.0 Å². The molecule has 0 aromatic heterocycles. The van der Waals surface area contributed by atoms with Crippen LogP contribution in [0.5, 0.6) is 11.5 Å². The molecule has 0 unspecified atom stereocenters. The van der Waals surface area contributed by atoms with Gasteiger partial charge in [-0.1, -0.05) is 76.7 Å². The van der Waals surface area contributed by atoms with Crippen molar-refractivity contribution in [2.75, 3.05) is 13.2 Å². The van der Waals surface area contributed by atoms with Crippen molar-refractivity contribution in [3.05, 3.63) is 93.0 Å². The van der Waals surface area contributed by atoms with Crippen molar-refractivity contribution < 1.29 is 9.47 Å². The van der Waals surface area contributed by atoms with Gasteiger partial charge in [0, 0.05) is 11.1 Å². The highest BCUT2D eigenvalue weighted by molar-refractivity contribution is 5.81. The fraction of sp³-hybridized carbons (Fsp3) is 0.316. The normalized spacial score (nSPS) is 10.7. The van der Waals surface area contributed by atoms with E-state index in [2.05, 4.69) is 38.1 Å². The van der Waals surface area contributed by atoms with Crippen LogP contribution in [0, 0.1) is 45.3 Å². The predicted octanol–water partition coefficient (Wildman–Crippen LogP) is 9.43. The number of rotatable bonds is 16. The molecule has 0 atom stereocenters. The summed E-state index contributed by atoms with van der Waals surface area (Å²) in [6.45, 7) is 5.45. The molecule has 0 saturated heterocycles. The van der Waals surface area contributed by atoms with Crippen LogP contribution in [0.1, 0.15) is 110 Å². The number of nitriles is 4. The van der Waals surface area contributed by atoms with Gasteiger partial charge in [0.25, 0.3) is 0 Å². The molecule has 3 aromatic rings. The van der Waals surface area contributed by atoms with Crippen LogP contribution in [0.4, 0.5) is 0 Å². The molecule has 0 spiro atoms. The van der Waals surface area contributed by atoms with Crippen LogP contribution >= 0.6 is 0 Å². The van der Waals surface area contributed by atoms with Crippen LogP contribution in [0.2, 0.25) is 0 Å². The maximum absolute atomic E-state index is 9.63. The summed E-state index contributed by atoms with van der Waals surface area (Å²) >= 11 is 0. The van der Waals surface area contributed by atoms with E-state index in [0.29, 0.717) is 58.1 Å². The van der Waals surface area contributed by atoms with Crippen LogP contribution in [0.3, 0.4) is 0 Å².